The molecule has 5 rings (SSSR count). The first kappa shape index (κ1) is 21.4. The Morgan fingerprint density at radius 3 is 2.58 bits per heavy atom. The smallest absolute Gasteiger partial charge is 0.309 e. The van der Waals surface area contributed by atoms with Crippen molar-refractivity contribution in [2.45, 2.75) is 44.3 Å². The number of urea groups is 1. The average molecular weight is 464 g/mol. The number of anilines is 1. The summed E-state index contributed by atoms with van der Waals surface area (Å²) < 4.78 is 1.84. The lowest BCUT2D eigenvalue weighted by Crippen LogP contribution is -2.39. The molecular weight excluding hydrogens is 438 g/mol. The number of thiophene rings is 1. The van der Waals surface area contributed by atoms with Crippen molar-refractivity contribution in [1.82, 2.24) is 19.6 Å². The molecule has 9 heteroatoms. The summed E-state index contributed by atoms with van der Waals surface area (Å²) in [5.41, 5.74) is 0.923. The van der Waals surface area contributed by atoms with E-state index in [1.165, 1.54) is 11.3 Å². The van der Waals surface area contributed by atoms with Crippen LogP contribution in [-0.4, -0.2) is 44.0 Å². The normalized spacial score (nSPS) is 19.0. The average Bonchev–Trinajstić information content (AvgIpc) is 3.61. The number of hydrogen-bond acceptors (Lipinski definition) is 5. The Kier molecular flexibility index (Phi) is 5.95. The number of benzene rings is 1. The minimum atomic E-state index is -0.727. The quantitative estimate of drug-likeness (QED) is 0.532. The summed E-state index contributed by atoms with van der Waals surface area (Å²) in [6.45, 7) is -0.0404. The molecule has 33 heavy (non-hydrogen) atoms. The maximum atomic E-state index is 13.3. The highest BCUT2D eigenvalue weighted by molar-refractivity contribution is 7.10. The Morgan fingerprint density at radius 2 is 1.85 bits per heavy atom. The summed E-state index contributed by atoms with van der Waals surface area (Å²) in [4.78, 5) is 42.8. The number of amides is 4. The Bertz CT molecular complexity index is 1140. The van der Waals surface area contributed by atoms with Crippen molar-refractivity contribution in [3.05, 3.63) is 70.5 Å². The van der Waals surface area contributed by atoms with Crippen molar-refractivity contribution in [3.63, 3.8) is 0 Å². The van der Waals surface area contributed by atoms with Crippen LogP contribution in [0.2, 0.25) is 0 Å². The predicted octanol–water partition coefficient (Wildman–Crippen LogP) is 4.20. The number of carbonyl (C=O) groups excluding carboxylic acids is 3. The van der Waals surface area contributed by atoms with E-state index in [0.717, 1.165) is 41.0 Å². The molecule has 8 nitrogen and oxygen atoms in total. The summed E-state index contributed by atoms with van der Waals surface area (Å²) in [5, 5.41) is 9.10. The van der Waals surface area contributed by atoms with Gasteiger partial charge in [-0.25, -0.2) is 9.48 Å². The van der Waals surface area contributed by atoms with E-state index in [-0.39, 0.29) is 18.5 Å². The van der Waals surface area contributed by atoms with Crippen LogP contribution in [0.3, 0.4) is 0 Å². The molecule has 2 fully saturated rings. The molecular formula is C24H25N5O3S. The summed E-state index contributed by atoms with van der Waals surface area (Å²) in [7, 11) is 0. The van der Waals surface area contributed by atoms with Gasteiger partial charge in [-0.05, 0) is 29.9 Å². The third kappa shape index (κ3) is 4.28. The zero-order valence-electron chi connectivity index (χ0n) is 18.1. The van der Waals surface area contributed by atoms with Crippen LogP contribution < -0.4 is 5.32 Å². The van der Waals surface area contributed by atoms with Crippen molar-refractivity contribution < 1.29 is 14.4 Å². The number of rotatable bonds is 7. The Hall–Kier alpha value is -3.46. The van der Waals surface area contributed by atoms with Gasteiger partial charge in [-0.3, -0.25) is 14.5 Å². The van der Waals surface area contributed by atoms with Gasteiger partial charge in [0.2, 0.25) is 5.91 Å². The molecule has 4 amide bonds. The van der Waals surface area contributed by atoms with Gasteiger partial charge in [-0.15, -0.1) is 11.3 Å². The van der Waals surface area contributed by atoms with E-state index in [0.29, 0.717) is 12.4 Å². The molecule has 0 bridgehead atoms. The lowest BCUT2D eigenvalue weighted by Gasteiger charge is -2.21. The van der Waals surface area contributed by atoms with Gasteiger partial charge in [0.25, 0.3) is 5.91 Å². The fourth-order valence-corrected chi connectivity index (χ4v) is 5.45. The summed E-state index contributed by atoms with van der Waals surface area (Å²) in [5.74, 6) is -0.192. The number of carbonyl (C=O) groups is 3. The first-order valence-electron chi connectivity index (χ1n) is 11.1. The van der Waals surface area contributed by atoms with Gasteiger partial charge in [-0.1, -0.05) is 49.2 Å². The topological polar surface area (TPSA) is 87.5 Å². The van der Waals surface area contributed by atoms with Gasteiger partial charge in [-0.2, -0.15) is 5.10 Å². The Labute approximate surface area is 195 Å². The monoisotopic (exact) mass is 463 g/mol. The summed E-state index contributed by atoms with van der Waals surface area (Å²) in [6, 6.07) is 14.1. The molecule has 2 aromatic heterocycles. The third-order valence-corrected chi connectivity index (χ3v) is 7.13. The van der Waals surface area contributed by atoms with E-state index in [9.17, 15) is 14.4 Å². The molecule has 0 spiro atoms. The van der Waals surface area contributed by atoms with Gasteiger partial charge >= 0.3 is 6.03 Å². The van der Waals surface area contributed by atoms with Crippen molar-refractivity contribution in [1.29, 1.82) is 0 Å². The third-order valence-electron chi connectivity index (χ3n) is 6.21. The first-order valence-corrected chi connectivity index (χ1v) is 12.0. The van der Waals surface area contributed by atoms with Crippen LogP contribution in [0, 0.1) is 0 Å². The van der Waals surface area contributed by atoms with Gasteiger partial charge in [0.1, 0.15) is 18.4 Å². The number of nitrogens with zero attached hydrogens (tertiary/aromatic N) is 4. The van der Waals surface area contributed by atoms with Gasteiger partial charge < -0.3 is 10.2 Å². The van der Waals surface area contributed by atoms with Crippen LogP contribution >= 0.6 is 11.3 Å². The minimum absolute atomic E-state index is 0.273. The number of hydrogen-bond donors (Lipinski definition) is 1. The fraction of sp³-hybridized carbons (Fsp3) is 0.333. The highest BCUT2D eigenvalue weighted by atomic mass is 32.1. The molecule has 1 N–H and O–H groups in total. The van der Waals surface area contributed by atoms with Crippen molar-refractivity contribution in [3.8, 4) is 0 Å². The van der Waals surface area contributed by atoms with Gasteiger partial charge in [0.05, 0.1) is 12.2 Å². The van der Waals surface area contributed by atoms with Crippen LogP contribution in [0.5, 0.6) is 0 Å². The lowest BCUT2D eigenvalue weighted by atomic mass is 10.1. The number of imide groups is 1. The second-order valence-corrected chi connectivity index (χ2v) is 9.37. The van der Waals surface area contributed by atoms with E-state index in [1.54, 1.807) is 17.2 Å². The van der Waals surface area contributed by atoms with E-state index in [2.05, 4.69) is 10.4 Å². The summed E-state index contributed by atoms with van der Waals surface area (Å²) >= 11 is 1.43. The van der Waals surface area contributed by atoms with E-state index in [1.807, 2.05) is 52.5 Å². The molecule has 2 aliphatic rings. The molecule has 1 atom stereocenters. The molecule has 3 aromatic rings. The first-order chi connectivity index (χ1) is 16.1. The lowest BCUT2D eigenvalue weighted by molar-refractivity contribution is -0.131. The molecule has 1 unspecified atom stereocenters. The predicted molar refractivity (Wildman–Crippen MR) is 125 cm³/mol. The van der Waals surface area contributed by atoms with Crippen molar-refractivity contribution >= 4 is 35.0 Å². The van der Waals surface area contributed by atoms with Crippen molar-refractivity contribution in [2.24, 2.45) is 0 Å². The standard InChI is InChI=1S/C24H25N5O3S/c30-21(26-20-12-13-25-29(20)18-9-4-5-10-18)16-28-23(31)22(19-11-6-14-33-19)27(24(28)32)15-17-7-2-1-3-8-17/h1-3,6-8,11-14,18,22H,4-5,9-10,15-16H2,(H,26,30). The Morgan fingerprint density at radius 1 is 1.06 bits per heavy atom. The van der Waals surface area contributed by atoms with Crippen LogP contribution in [0.15, 0.2) is 60.1 Å². The minimum Gasteiger partial charge on any atom is -0.309 e. The van der Waals surface area contributed by atoms with Crippen LogP contribution in [-0.2, 0) is 16.1 Å². The van der Waals surface area contributed by atoms with E-state index in [4.69, 9.17) is 0 Å². The van der Waals surface area contributed by atoms with Gasteiger partial charge in [0.15, 0.2) is 0 Å². The van der Waals surface area contributed by atoms with Crippen molar-refractivity contribution in [2.75, 3.05) is 11.9 Å². The number of aromatic nitrogens is 2. The van der Waals surface area contributed by atoms with E-state index >= 15 is 0 Å². The zero-order chi connectivity index (χ0) is 22.8. The second-order valence-electron chi connectivity index (χ2n) is 8.39. The molecule has 170 valence electrons. The van der Waals surface area contributed by atoms with Crippen LogP contribution in [0.25, 0.3) is 0 Å². The maximum Gasteiger partial charge on any atom is 0.328 e. The zero-order valence-corrected chi connectivity index (χ0v) is 18.9. The Balaban J connectivity index is 1.33. The highest BCUT2D eigenvalue weighted by Gasteiger charge is 2.47. The molecule has 1 saturated heterocycles. The van der Waals surface area contributed by atoms with E-state index < -0.39 is 18.0 Å². The van der Waals surface area contributed by atoms with Gasteiger partial charge in [0, 0.05) is 17.5 Å². The highest BCUT2D eigenvalue weighted by Crippen LogP contribution is 2.35. The molecule has 3 heterocycles. The largest absolute Gasteiger partial charge is 0.328 e. The molecule has 1 aromatic carbocycles. The number of nitrogens with one attached hydrogen (secondary N) is 1. The van der Waals surface area contributed by atoms with Crippen LogP contribution in [0.4, 0.5) is 10.6 Å². The van der Waals surface area contributed by atoms with Crippen LogP contribution in [0.1, 0.15) is 48.2 Å². The maximum absolute atomic E-state index is 13.3. The molecule has 1 aliphatic heterocycles. The molecule has 1 saturated carbocycles. The molecule has 1 aliphatic carbocycles. The SMILES string of the molecule is O=C(CN1C(=O)C(c2cccs2)N(Cc2ccccc2)C1=O)Nc1ccnn1C1CCCC1. The summed E-state index contributed by atoms with van der Waals surface area (Å²) in [6.07, 6.45) is 6.02. The fourth-order valence-electron chi connectivity index (χ4n) is 4.63. The molecule has 0 radical (unpaired) electrons. The second kappa shape index (κ2) is 9.19.